The van der Waals surface area contributed by atoms with Gasteiger partial charge in [0.2, 0.25) is 0 Å². The highest BCUT2D eigenvalue weighted by Gasteiger charge is 2.31. The number of phenolic OH excluding ortho intramolecular Hbond substituents is 1. The maximum absolute atomic E-state index is 12.4. The van der Waals surface area contributed by atoms with Crippen molar-refractivity contribution in [3.05, 3.63) is 53.3 Å². The lowest BCUT2D eigenvalue weighted by Crippen LogP contribution is -2.27. The van der Waals surface area contributed by atoms with Gasteiger partial charge >= 0.3 is 6.36 Å². The van der Waals surface area contributed by atoms with Crippen LogP contribution < -0.4 is 10.1 Å². The molecular weight excluding hydrogens is 389 g/mol. The molecule has 156 valence electrons. The SMILES string of the molecule is CC(C)C(=O)Cc1cc(C(C)NC(=O)c2ccc(OC(F)(F)F)cc2O)ccn1. The van der Waals surface area contributed by atoms with E-state index in [9.17, 15) is 27.9 Å². The average Bonchev–Trinajstić information content (AvgIpc) is 2.60. The second-order valence-electron chi connectivity index (χ2n) is 6.80. The third-order valence-electron chi connectivity index (χ3n) is 4.13. The Kier molecular flexibility index (Phi) is 6.84. The van der Waals surface area contributed by atoms with E-state index >= 15 is 0 Å². The number of ketones is 1. The highest BCUT2D eigenvalue weighted by Crippen LogP contribution is 2.28. The number of nitrogens with zero attached hydrogens (tertiary/aromatic N) is 1. The quantitative estimate of drug-likeness (QED) is 0.722. The number of halogens is 3. The summed E-state index contributed by atoms with van der Waals surface area (Å²) in [6, 6.07) is 5.57. The number of amides is 1. The number of aromatic nitrogens is 1. The molecule has 0 aliphatic carbocycles. The second kappa shape index (κ2) is 8.93. The molecule has 0 saturated carbocycles. The highest BCUT2D eigenvalue weighted by atomic mass is 19.4. The summed E-state index contributed by atoms with van der Waals surface area (Å²) >= 11 is 0. The lowest BCUT2D eigenvalue weighted by molar-refractivity contribution is -0.274. The average molecular weight is 410 g/mol. The van der Waals surface area contributed by atoms with Gasteiger partial charge in [-0.3, -0.25) is 14.6 Å². The lowest BCUT2D eigenvalue weighted by atomic mass is 10.0. The van der Waals surface area contributed by atoms with Crippen LogP contribution in [0.1, 0.15) is 48.4 Å². The van der Waals surface area contributed by atoms with Gasteiger partial charge in [-0.05, 0) is 36.8 Å². The fourth-order valence-electron chi connectivity index (χ4n) is 2.50. The van der Waals surface area contributed by atoms with Gasteiger partial charge in [0.05, 0.1) is 11.6 Å². The number of alkyl halides is 3. The van der Waals surface area contributed by atoms with Crippen LogP contribution in [0.15, 0.2) is 36.5 Å². The molecule has 0 aliphatic heterocycles. The number of nitrogens with one attached hydrogen (secondary N) is 1. The number of hydrogen-bond donors (Lipinski definition) is 2. The highest BCUT2D eigenvalue weighted by molar-refractivity contribution is 5.97. The van der Waals surface area contributed by atoms with Crippen molar-refractivity contribution in [2.24, 2.45) is 5.92 Å². The molecule has 1 aromatic heterocycles. The Morgan fingerprint density at radius 1 is 1.17 bits per heavy atom. The predicted molar refractivity (Wildman–Crippen MR) is 98.5 cm³/mol. The van der Waals surface area contributed by atoms with E-state index in [1.54, 1.807) is 32.9 Å². The summed E-state index contributed by atoms with van der Waals surface area (Å²) in [5.74, 6) is -2.03. The first-order valence-corrected chi connectivity index (χ1v) is 8.83. The molecule has 0 radical (unpaired) electrons. The van der Waals surface area contributed by atoms with Crippen molar-refractivity contribution in [2.75, 3.05) is 0 Å². The minimum Gasteiger partial charge on any atom is -0.507 e. The van der Waals surface area contributed by atoms with Gasteiger partial charge in [-0.15, -0.1) is 13.2 Å². The first kappa shape index (κ1) is 22.2. The molecule has 0 fully saturated rings. The molecule has 1 amide bonds. The van der Waals surface area contributed by atoms with Crippen molar-refractivity contribution >= 4 is 11.7 Å². The molecule has 0 aliphatic rings. The zero-order valence-corrected chi connectivity index (χ0v) is 16.1. The molecule has 29 heavy (non-hydrogen) atoms. The largest absolute Gasteiger partial charge is 0.573 e. The Labute approximate surface area is 165 Å². The Balaban J connectivity index is 2.10. The van der Waals surface area contributed by atoms with Crippen molar-refractivity contribution in [1.29, 1.82) is 0 Å². The molecule has 1 aromatic carbocycles. The Bertz CT molecular complexity index is 898. The topological polar surface area (TPSA) is 88.5 Å². The van der Waals surface area contributed by atoms with Crippen LogP contribution in [0, 0.1) is 5.92 Å². The molecule has 9 heteroatoms. The molecule has 1 atom stereocenters. The first-order chi connectivity index (χ1) is 13.5. The molecule has 1 unspecified atom stereocenters. The van der Waals surface area contributed by atoms with Crippen LogP contribution in [0.5, 0.6) is 11.5 Å². The van der Waals surface area contributed by atoms with Crippen molar-refractivity contribution < 1.29 is 32.6 Å². The molecule has 0 bridgehead atoms. The lowest BCUT2D eigenvalue weighted by Gasteiger charge is -2.16. The number of pyridine rings is 1. The molecule has 6 nitrogen and oxygen atoms in total. The molecular formula is C20H21F3N2O4. The molecule has 2 N–H and O–H groups in total. The summed E-state index contributed by atoms with van der Waals surface area (Å²) in [5.41, 5.74) is 1.06. The number of benzene rings is 1. The summed E-state index contributed by atoms with van der Waals surface area (Å²) < 4.78 is 40.4. The monoisotopic (exact) mass is 410 g/mol. The van der Waals surface area contributed by atoms with E-state index in [4.69, 9.17) is 0 Å². The minimum atomic E-state index is -4.90. The number of phenols is 1. The van der Waals surface area contributed by atoms with Gasteiger partial charge < -0.3 is 15.2 Å². The van der Waals surface area contributed by atoms with E-state index in [2.05, 4.69) is 15.0 Å². The van der Waals surface area contributed by atoms with E-state index in [-0.39, 0.29) is 23.7 Å². The van der Waals surface area contributed by atoms with Crippen LogP contribution in [-0.2, 0) is 11.2 Å². The smallest absolute Gasteiger partial charge is 0.507 e. The number of Topliss-reactive ketones (excluding diaryl/α,β-unsaturated/α-hetero) is 1. The summed E-state index contributed by atoms with van der Waals surface area (Å²) in [7, 11) is 0. The fourth-order valence-corrected chi connectivity index (χ4v) is 2.50. The van der Waals surface area contributed by atoms with Crippen LogP contribution in [0.25, 0.3) is 0 Å². The minimum absolute atomic E-state index is 0.0393. The Morgan fingerprint density at radius 2 is 1.86 bits per heavy atom. The van der Waals surface area contributed by atoms with Gasteiger partial charge in [-0.2, -0.15) is 0 Å². The van der Waals surface area contributed by atoms with Crippen LogP contribution in [0.2, 0.25) is 0 Å². The zero-order chi connectivity index (χ0) is 21.8. The summed E-state index contributed by atoms with van der Waals surface area (Å²) in [5, 5.41) is 12.5. The molecule has 0 saturated heterocycles. The fraction of sp³-hybridized carbons (Fsp3) is 0.350. The maximum Gasteiger partial charge on any atom is 0.573 e. The summed E-state index contributed by atoms with van der Waals surface area (Å²) in [6.45, 7) is 5.29. The van der Waals surface area contributed by atoms with Crippen LogP contribution in [0.3, 0.4) is 0 Å². The molecule has 2 aromatic rings. The first-order valence-electron chi connectivity index (χ1n) is 8.83. The summed E-state index contributed by atoms with van der Waals surface area (Å²) in [4.78, 5) is 28.4. The van der Waals surface area contributed by atoms with E-state index in [1.165, 1.54) is 6.20 Å². The predicted octanol–water partition coefficient (Wildman–Crippen LogP) is 3.94. The number of carbonyl (C=O) groups excluding carboxylic acids is 2. The van der Waals surface area contributed by atoms with Crippen LogP contribution in [0.4, 0.5) is 13.2 Å². The third-order valence-corrected chi connectivity index (χ3v) is 4.13. The van der Waals surface area contributed by atoms with Crippen LogP contribution >= 0.6 is 0 Å². The second-order valence-corrected chi connectivity index (χ2v) is 6.80. The molecule has 1 heterocycles. The van der Waals surface area contributed by atoms with Crippen LogP contribution in [-0.4, -0.2) is 28.1 Å². The zero-order valence-electron chi connectivity index (χ0n) is 16.1. The van der Waals surface area contributed by atoms with Gasteiger partial charge in [0, 0.05) is 30.3 Å². The summed E-state index contributed by atoms with van der Waals surface area (Å²) in [6.07, 6.45) is -3.20. The van der Waals surface area contributed by atoms with E-state index < -0.39 is 29.8 Å². The number of aromatic hydroxyl groups is 1. The molecule has 0 spiro atoms. The van der Waals surface area contributed by atoms with Gasteiger partial charge in [0.15, 0.2) is 0 Å². The maximum atomic E-state index is 12.4. The van der Waals surface area contributed by atoms with Gasteiger partial charge in [-0.25, -0.2) is 0 Å². The van der Waals surface area contributed by atoms with E-state index in [0.717, 1.165) is 18.2 Å². The van der Waals surface area contributed by atoms with Gasteiger partial charge in [0.1, 0.15) is 17.3 Å². The normalized spacial score (nSPS) is 12.5. The van der Waals surface area contributed by atoms with Crippen molar-refractivity contribution in [2.45, 2.75) is 39.6 Å². The number of ether oxygens (including phenoxy) is 1. The number of rotatable bonds is 7. The molecule has 2 rings (SSSR count). The van der Waals surface area contributed by atoms with E-state index in [0.29, 0.717) is 11.3 Å². The third kappa shape index (κ3) is 6.48. The van der Waals surface area contributed by atoms with Crippen molar-refractivity contribution in [3.63, 3.8) is 0 Å². The van der Waals surface area contributed by atoms with E-state index in [1.807, 2.05) is 0 Å². The van der Waals surface area contributed by atoms with Gasteiger partial charge in [0.25, 0.3) is 5.91 Å². The van der Waals surface area contributed by atoms with Gasteiger partial charge in [-0.1, -0.05) is 13.8 Å². The van der Waals surface area contributed by atoms with Crippen molar-refractivity contribution in [1.82, 2.24) is 10.3 Å². The Morgan fingerprint density at radius 3 is 2.45 bits per heavy atom. The number of hydrogen-bond acceptors (Lipinski definition) is 5. The number of carbonyl (C=O) groups is 2. The van der Waals surface area contributed by atoms with Crippen molar-refractivity contribution in [3.8, 4) is 11.5 Å². The Hall–Kier alpha value is -3.10. The standard InChI is InChI=1S/C20H21F3N2O4/c1-11(2)17(26)9-14-8-13(6-7-24-14)12(3)25-19(28)16-5-4-15(10-18(16)27)29-20(21,22)23/h4-8,10-12,27H,9H2,1-3H3,(H,25,28).